The lowest BCUT2D eigenvalue weighted by molar-refractivity contribution is 0.0989. The molecular formula is C16H16N2O. The Balaban J connectivity index is 2.01. The molecule has 1 heterocycles. The zero-order valence-electron chi connectivity index (χ0n) is 10.9. The predicted molar refractivity (Wildman–Crippen MR) is 77.4 cm³/mol. The van der Waals surface area contributed by atoms with Gasteiger partial charge in [-0.2, -0.15) is 0 Å². The molecule has 3 heteroatoms. The van der Waals surface area contributed by atoms with Crippen LogP contribution in [0.3, 0.4) is 0 Å². The van der Waals surface area contributed by atoms with Gasteiger partial charge in [0.05, 0.1) is 0 Å². The lowest BCUT2D eigenvalue weighted by atomic mass is 10.1. The summed E-state index contributed by atoms with van der Waals surface area (Å²) in [6.07, 6.45) is 0.833. The number of nitrogens with zero attached hydrogens (tertiary/aromatic N) is 1. The van der Waals surface area contributed by atoms with E-state index in [0.717, 1.165) is 34.5 Å². The fourth-order valence-corrected chi connectivity index (χ4v) is 2.63. The summed E-state index contributed by atoms with van der Waals surface area (Å²) in [4.78, 5) is 14.5. The highest BCUT2D eigenvalue weighted by Gasteiger charge is 2.27. The average molecular weight is 252 g/mol. The number of carbonyl (C=O) groups excluding carboxylic acids is 1. The maximum absolute atomic E-state index is 12.6. The number of anilines is 2. The van der Waals surface area contributed by atoms with Crippen LogP contribution in [-0.4, -0.2) is 12.5 Å². The fraction of sp³-hybridized carbons (Fsp3) is 0.188. The van der Waals surface area contributed by atoms with E-state index in [2.05, 4.69) is 0 Å². The van der Waals surface area contributed by atoms with Gasteiger partial charge in [-0.3, -0.25) is 4.79 Å². The van der Waals surface area contributed by atoms with E-state index in [-0.39, 0.29) is 5.91 Å². The zero-order valence-corrected chi connectivity index (χ0v) is 10.9. The van der Waals surface area contributed by atoms with Crippen molar-refractivity contribution in [3.63, 3.8) is 0 Å². The number of fused-ring (bicyclic) bond motifs is 1. The Hall–Kier alpha value is -2.29. The van der Waals surface area contributed by atoms with E-state index in [1.165, 1.54) is 0 Å². The Labute approximate surface area is 112 Å². The Kier molecular flexibility index (Phi) is 2.75. The molecule has 0 atom stereocenters. The Morgan fingerprint density at radius 2 is 1.95 bits per heavy atom. The van der Waals surface area contributed by atoms with Gasteiger partial charge < -0.3 is 10.6 Å². The van der Waals surface area contributed by atoms with Crippen molar-refractivity contribution in [1.82, 2.24) is 0 Å². The summed E-state index contributed by atoms with van der Waals surface area (Å²) in [5, 5.41) is 0. The molecule has 1 aliphatic rings. The van der Waals surface area contributed by atoms with Gasteiger partial charge in [0.15, 0.2) is 0 Å². The van der Waals surface area contributed by atoms with Crippen LogP contribution in [0, 0.1) is 6.92 Å². The number of benzene rings is 2. The first-order valence-corrected chi connectivity index (χ1v) is 6.43. The molecule has 3 nitrogen and oxygen atoms in total. The molecule has 0 aromatic heterocycles. The molecule has 96 valence electrons. The number of rotatable bonds is 1. The van der Waals surface area contributed by atoms with Crippen LogP contribution in [0.1, 0.15) is 21.5 Å². The van der Waals surface area contributed by atoms with Gasteiger partial charge in [0.1, 0.15) is 0 Å². The highest BCUT2D eigenvalue weighted by molar-refractivity contribution is 6.08. The van der Waals surface area contributed by atoms with Crippen molar-refractivity contribution >= 4 is 17.3 Å². The monoisotopic (exact) mass is 252 g/mol. The molecule has 2 aromatic rings. The van der Waals surface area contributed by atoms with Crippen LogP contribution in [0.15, 0.2) is 42.5 Å². The second-order valence-corrected chi connectivity index (χ2v) is 4.87. The van der Waals surface area contributed by atoms with E-state index in [4.69, 9.17) is 5.73 Å². The molecule has 0 fully saturated rings. The summed E-state index contributed by atoms with van der Waals surface area (Å²) in [5.41, 5.74) is 10.5. The molecule has 1 amide bonds. The van der Waals surface area contributed by atoms with Crippen LogP contribution in [0.2, 0.25) is 0 Å². The fourth-order valence-electron chi connectivity index (χ4n) is 2.63. The van der Waals surface area contributed by atoms with Crippen molar-refractivity contribution in [2.45, 2.75) is 13.3 Å². The molecule has 19 heavy (non-hydrogen) atoms. The van der Waals surface area contributed by atoms with E-state index >= 15 is 0 Å². The number of hydrogen-bond donors (Lipinski definition) is 1. The average Bonchev–Trinajstić information content (AvgIpc) is 2.84. The molecule has 0 radical (unpaired) electrons. The normalized spacial score (nSPS) is 13.4. The summed E-state index contributed by atoms with van der Waals surface area (Å²) in [6.45, 7) is 2.67. The number of amides is 1. The summed E-state index contributed by atoms with van der Waals surface area (Å²) in [7, 11) is 0. The minimum Gasteiger partial charge on any atom is -0.398 e. The van der Waals surface area contributed by atoms with Crippen molar-refractivity contribution in [3.8, 4) is 0 Å². The SMILES string of the molecule is Cc1ccccc1C(=O)N1CCc2c(N)cccc21. The van der Waals surface area contributed by atoms with Crippen LogP contribution in [0.5, 0.6) is 0 Å². The van der Waals surface area contributed by atoms with E-state index in [1.54, 1.807) is 0 Å². The molecule has 1 aliphatic heterocycles. The second-order valence-electron chi connectivity index (χ2n) is 4.87. The molecule has 0 saturated heterocycles. The van der Waals surface area contributed by atoms with Gasteiger partial charge in [-0.25, -0.2) is 0 Å². The maximum atomic E-state index is 12.6. The van der Waals surface area contributed by atoms with Crippen LogP contribution < -0.4 is 10.6 Å². The first-order valence-electron chi connectivity index (χ1n) is 6.43. The smallest absolute Gasteiger partial charge is 0.258 e. The lowest BCUT2D eigenvalue weighted by Gasteiger charge is -2.18. The molecule has 0 bridgehead atoms. The quantitative estimate of drug-likeness (QED) is 0.793. The second kappa shape index (κ2) is 4.43. The number of nitrogens with two attached hydrogens (primary N) is 1. The van der Waals surface area contributed by atoms with Crippen molar-refractivity contribution < 1.29 is 4.79 Å². The third-order valence-electron chi connectivity index (χ3n) is 3.68. The summed E-state index contributed by atoms with van der Waals surface area (Å²) in [6, 6.07) is 13.4. The summed E-state index contributed by atoms with van der Waals surface area (Å²) < 4.78 is 0. The molecular weight excluding hydrogens is 236 g/mol. The Morgan fingerprint density at radius 3 is 2.74 bits per heavy atom. The Bertz CT molecular complexity index is 649. The van der Waals surface area contributed by atoms with Crippen LogP contribution in [0.4, 0.5) is 11.4 Å². The standard InChI is InChI=1S/C16H16N2O/c1-11-5-2-3-6-12(11)16(19)18-10-9-13-14(17)7-4-8-15(13)18/h2-8H,9-10,17H2,1H3. The maximum Gasteiger partial charge on any atom is 0.258 e. The van der Waals surface area contributed by atoms with Gasteiger partial charge in [0.2, 0.25) is 0 Å². The third-order valence-corrected chi connectivity index (χ3v) is 3.68. The molecule has 2 N–H and O–H groups in total. The molecule has 0 aliphatic carbocycles. The van der Waals surface area contributed by atoms with Gasteiger partial charge in [-0.1, -0.05) is 24.3 Å². The van der Waals surface area contributed by atoms with Gasteiger partial charge in [-0.05, 0) is 37.1 Å². The third kappa shape index (κ3) is 1.87. The van der Waals surface area contributed by atoms with Crippen molar-refractivity contribution in [3.05, 3.63) is 59.2 Å². The summed E-state index contributed by atoms with van der Waals surface area (Å²) in [5.74, 6) is 0.0578. The van der Waals surface area contributed by atoms with Crippen LogP contribution in [0.25, 0.3) is 0 Å². The molecule has 2 aromatic carbocycles. The predicted octanol–water partition coefficient (Wildman–Crippen LogP) is 2.78. The highest BCUT2D eigenvalue weighted by atomic mass is 16.2. The van der Waals surface area contributed by atoms with Crippen molar-refractivity contribution in [2.75, 3.05) is 17.2 Å². The van der Waals surface area contributed by atoms with Gasteiger partial charge in [0, 0.05) is 29.0 Å². The summed E-state index contributed by atoms with van der Waals surface area (Å²) >= 11 is 0. The molecule has 3 rings (SSSR count). The van der Waals surface area contributed by atoms with Crippen LogP contribution >= 0.6 is 0 Å². The van der Waals surface area contributed by atoms with Gasteiger partial charge >= 0.3 is 0 Å². The Morgan fingerprint density at radius 1 is 1.16 bits per heavy atom. The van der Waals surface area contributed by atoms with Crippen molar-refractivity contribution in [2.24, 2.45) is 0 Å². The van der Waals surface area contributed by atoms with Crippen LogP contribution in [-0.2, 0) is 6.42 Å². The van der Waals surface area contributed by atoms with E-state index in [9.17, 15) is 4.79 Å². The molecule has 0 spiro atoms. The first kappa shape index (κ1) is 11.8. The molecule has 0 saturated carbocycles. The highest BCUT2D eigenvalue weighted by Crippen LogP contribution is 2.33. The van der Waals surface area contributed by atoms with E-state index in [1.807, 2.05) is 54.3 Å². The van der Waals surface area contributed by atoms with Crippen molar-refractivity contribution in [1.29, 1.82) is 0 Å². The minimum absolute atomic E-state index is 0.0578. The minimum atomic E-state index is 0.0578. The largest absolute Gasteiger partial charge is 0.398 e. The first-order chi connectivity index (χ1) is 9.18. The number of hydrogen-bond acceptors (Lipinski definition) is 2. The van der Waals surface area contributed by atoms with Gasteiger partial charge in [0.25, 0.3) is 5.91 Å². The lowest BCUT2D eigenvalue weighted by Crippen LogP contribution is -2.29. The topological polar surface area (TPSA) is 46.3 Å². The number of aryl methyl sites for hydroxylation is 1. The number of nitrogen functional groups attached to an aromatic ring is 1. The van der Waals surface area contributed by atoms with Gasteiger partial charge in [-0.15, -0.1) is 0 Å². The zero-order chi connectivity index (χ0) is 13.4. The molecule has 0 unspecified atom stereocenters. The van der Waals surface area contributed by atoms with E-state index < -0.39 is 0 Å². The van der Waals surface area contributed by atoms with E-state index in [0.29, 0.717) is 6.54 Å². The number of carbonyl (C=O) groups is 1.